The van der Waals surface area contributed by atoms with Crippen LogP contribution in [0.25, 0.3) is 11.1 Å². The Kier molecular flexibility index (Phi) is 5.63. The molecule has 7 nitrogen and oxygen atoms in total. The summed E-state index contributed by atoms with van der Waals surface area (Å²) in [6, 6.07) is 14.7. The molecule has 32 heavy (non-hydrogen) atoms. The van der Waals surface area contributed by atoms with Crippen LogP contribution in [0, 0.1) is 6.92 Å². The molecule has 0 saturated carbocycles. The number of fused-ring (bicyclic) bond motifs is 1. The van der Waals surface area contributed by atoms with Gasteiger partial charge in [-0.15, -0.1) is 11.3 Å². The summed E-state index contributed by atoms with van der Waals surface area (Å²) < 4.78 is 4.97. The van der Waals surface area contributed by atoms with E-state index in [0.717, 1.165) is 15.3 Å². The molecule has 1 N–H and O–H groups in total. The first-order valence-electron chi connectivity index (χ1n) is 9.90. The first-order valence-corrected chi connectivity index (χ1v) is 10.7. The number of hydrogen-bond donors (Lipinski definition) is 1. The van der Waals surface area contributed by atoms with Crippen LogP contribution in [0.5, 0.6) is 0 Å². The van der Waals surface area contributed by atoms with Crippen molar-refractivity contribution in [2.75, 3.05) is 12.4 Å². The van der Waals surface area contributed by atoms with E-state index in [1.165, 1.54) is 25.4 Å². The second-order valence-corrected chi connectivity index (χ2v) is 8.51. The molecule has 0 aliphatic carbocycles. The van der Waals surface area contributed by atoms with E-state index >= 15 is 0 Å². The minimum atomic E-state index is -1.07. The van der Waals surface area contributed by atoms with Crippen LogP contribution < -0.4 is 5.32 Å². The average molecular weight is 449 g/mol. The molecule has 0 spiro atoms. The number of carbonyl (C=O) groups excluding carboxylic acids is 4. The summed E-state index contributed by atoms with van der Waals surface area (Å²) in [5.41, 5.74) is 2.27. The number of imide groups is 1. The highest BCUT2D eigenvalue weighted by atomic mass is 32.1. The van der Waals surface area contributed by atoms with Gasteiger partial charge in [0.15, 0.2) is 0 Å². The van der Waals surface area contributed by atoms with Crippen LogP contribution in [0.2, 0.25) is 0 Å². The molecule has 0 bridgehead atoms. The van der Waals surface area contributed by atoms with Crippen LogP contribution in [0.15, 0.2) is 54.6 Å². The summed E-state index contributed by atoms with van der Waals surface area (Å²) in [5, 5.41) is 3.04. The number of esters is 1. The standard InChI is InChI=1S/C24H20N2O5S/c1-13(26-22(28)16-11-7-8-12-17(16)23(26)29)20(27)25-21-19(24(30)31-3)18(14(2)32-21)15-9-5-4-6-10-15/h4-13H,1-3H3,(H,25,27). The third-order valence-corrected chi connectivity index (χ3v) is 6.39. The zero-order chi connectivity index (χ0) is 23.0. The fourth-order valence-electron chi connectivity index (χ4n) is 3.78. The van der Waals surface area contributed by atoms with Crippen LogP contribution >= 0.6 is 11.3 Å². The Morgan fingerprint density at radius 1 is 0.969 bits per heavy atom. The predicted octanol–water partition coefficient (Wildman–Crippen LogP) is 4.13. The molecule has 1 aliphatic heterocycles. The van der Waals surface area contributed by atoms with Gasteiger partial charge in [-0.1, -0.05) is 42.5 Å². The molecule has 0 fully saturated rings. The van der Waals surface area contributed by atoms with E-state index in [-0.39, 0.29) is 16.7 Å². The molecule has 162 valence electrons. The number of nitrogens with one attached hydrogen (secondary N) is 1. The lowest BCUT2D eigenvalue weighted by Gasteiger charge is -2.21. The Labute approximate surface area is 188 Å². The zero-order valence-corrected chi connectivity index (χ0v) is 18.5. The molecule has 1 aliphatic rings. The summed E-state index contributed by atoms with van der Waals surface area (Å²) in [6.07, 6.45) is 0. The number of benzene rings is 2. The van der Waals surface area contributed by atoms with Crippen LogP contribution in [0.1, 0.15) is 42.9 Å². The van der Waals surface area contributed by atoms with Crippen molar-refractivity contribution in [2.24, 2.45) is 0 Å². The zero-order valence-electron chi connectivity index (χ0n) is 17.7. The Balaban J connectivity index is 1.66. The van der Waals surface area contributed by atoms with Crippen molar-refractivity contribution < 1.29 is 23.9 Å². The summed E-state index contributed by atoms with van der Waals surface area (Å²) >= 11 is 1.24. The molecule has 4 rings (SSSR count). The molecule has 0 radical (unpaired) electrons. The van der Waals surface area contributed by atoms with Crippen molar-refractivity contribution in [3.05, 3.63) is 76.2 Å². The highest BCUT2D eigenvalue weighted by Gasteiger charge is 2.41. The summed E-state index contributed by atoms with van der Waals surface area (Å²) in [5.74, 6) is -2.20. The van der Waals surface area contributed by atoms with Gasteiger partial charge in [0.25, 0.3) is 11.8 Å². The first-order chi connectivity index (χ1) is 15.3. The van der Waals surface area contributed by atoms with Gasteiger partial charge in [-0.2, -0.15) is 0 Å². The molecule has 3 amide bonds. The molecule has 8 heteroatoms. The van der Waals surface area contributed by atoms with Gasteiger partial charge in [-0.3, -0.25) is 19.3 Å². The summed E-state index contributed by atoms with van der Waals surface area (Å²) in [7, 11) is 1.27. The van der Waals surface area contributed by atoms with Gasteiger partial charge >= 0.3 is 5.97 Å². The number of amides is 3. The van der Waals surface area contributed by atoms with Crippen molar-refractivity contribution in [1.82, 2.24) is 4.90 Å². The molecule has 1 atom stereocenters. The normalized spacial score (nSPS) is 13.7. The van der Waals surface area contributed by atoms with Gasteiger partial charge in [0.05, 0.1) is 18.2 Å². The van der Waals surface area contributed by atoms with E-state index in [2.05, 4.69) is 5.32 Å². The molecule has 2 heterocycles. The van der Waals surface area contributed by atoms with E-state index < -0.39 is 29.7 Å². The summed E-state index contributed by atoms with van der Waals surface area (Å²) in [4.78, 5) is 52.9. The Morgan fingerprint density at radius 2 is 1.53 bits per heavy atom. The fourth-order valence-corrected chi connectivity index (χ4v) is 4.84. The topological polar surface area (TPSA) is 92.8 Å². The number of hydrogen-bond acceptors (Lipinski definition) is 6. The van der Waals surface area contributed by atoms with Gasteiger partial charge < -0.3 is 10.1 Å². The Bertz CT molecular complexity index is 1210. The van der Waals surface area contributed by atoms with Crippen molar-refractivity contribution in [3.63, 3.8) is 0 Å². The first kappa shape index (κ1) is 21.5. The van der Waals surface area contributed by atoms with E-state index in [1.54, 1.807) is 24.3 Å². The fraction of sp³-hybridized carbons (Fsp3) is 0.167. The molecule has 2 aromatic carbocycles. The third kappa shape index (κ3) is 3.48. The number of nitrogens with zero attached hydrogens (tertiary/aromatic N) is 1. The summed E-state index contributed by atoms with van der Waals surface area (Å²) in [6.45, 7) is 3.33. The van der Waals surface area contributed by atoms with Gasteiger partial charge in [0, 0.05) is 10.4 Å². The number of rotatable bonds is 5. The number of thiophene rings is 1. The van der Waals surface area contributed by atoms with Crippen molar-refractivity contribution in [1.29, 1.82) is 0 Å². The molecule has 0 saturated heterocycles. The Morgan fingerprint density at radius 3 is 2.09 bits per heavy atom. The maximum Gasteiger partial charge on any atom is 0.341 e. The highest BCUT2D eigenvalue weighted by molar-refractivity contribution is 7.17. The molecular weight excluding hydrogens is 428 g/mol. The number of anilines is 1. The van der Waals surface area contributed by atoms with E-state index in [4.69, 9.17) is 4.74 Å². The van der Waals surface area contributed by atoms with Crippen molar-refractivity contribution in [2.45, 2.75) is 19.9 Å². The SMILES string of the molecule is COC(=O)c1c(NC(=O)C(C)N2C(=O)c3ccccc3C2=O)sc(C)c1-c1ccccc1. The molecule has 3 aromatic rings. The lowest BCUT2D eigenvalue weighted by molar-refractivity contribution is -0.119. The van der Waals surface area contributed by atoms with E-state index in [1.807, 2.05) is 37.3 Å². The predicted molar refractivity (Wildman–Crippen MR) is 121 cm³/mol. The van der Waals surface area contributed by atoms with Crippen molar-refractivity contribution in [3.8, 4) is 11.1 Å². The maximum atomic E-state index is 13.1. The largest absolute Gasteiger partial charge is 0.465 e. The van der Waals surface area contributed by atoms with E-state index in [0.29, 0.717) is 10.6 Å². The maximum absolute atomic E-state index is 13.1. The number of ether oxygens (including phenoxy) is 1. The number of carbonyl (C=O) groups is 4. The van der Waals surface area contributed by atoms with Crippen molar-refractivity contribution >= 4 is 40.0 Å². The second-order valence-electron chi connectivity index (χ2n) is 7.29. The van der Waals surface area contributed by atoms with Crippen LogP contribution in [-0.4, -0.2) is 41.7 Å². The van der Waals surface area contributed by atoms with Gasteiger partial charge in [0.2, 0.25) is 5.91 Å². The van der Waals surface area contributed by atoms with Crippen LogP contribution in [-0.2, 0) is 9.53 Å². The smallest absolute Gasteiger partial charge is 0.341 e. The molecule has 1 aromatic heterocycles. The monoisotopic (exact) mass is 448 g/mol. The van der Waals surface area contributed by atoms with Gasteiger partial charge in [-0.25, -0.2) is 4.79 Å². The number of methoxy groups -OCH3 is 1. The Hall–Kier alpha value is -3.78. The number of aryl methyl sites for hydroxylation is 1. The van der Waals surface area contributed by atoms with Crippen LogP contribution in [0.4, 0.5) is 5.00 Å². The minimum absolute atomic E-state index is 0.240. The lowest BCUT2D eigenvalue weighted by Crippen LogP contribution is -2.45. The average Bonchev–Trinajstić information content (AvgIpc) is 3.26. The van der Waals surface area contributed by atoms with Gasteiger partial charge in [0.1, 0.15) is 16.6 Å². The quantitative estimate of drug-likeness (QED) is 0.468. The van der Waals surface area contributed by atoms with Gasteiger partial charge in [-0.05, 0) is 31.5 Å². The molecular formula is C24H20N2O5S. The van der Waals surface area contributed by atoms with E-state index in [9.17, 15) is 19.2 Å². The minimum Gasteiger partial charge on any atom is -0.465 e. The third-order valence-electron chi connectivity index (χ3n) is 5.37. The highest BCUT2D eigenvalue weighted by Crippen LogP contribution is 2.40. The van der Waals surface area contributed by atoms with Crippen LogP contribution in [0.3, 0.4) is 0 Å². The second kappa shape index (κ2) is 8.39. The lowest BCUT2D eigenvalue weighted by atomic mass is 10.0. The molecule has 1 unspecified atom stereocenters.